The fourth-order valence-corrected chi connectivity index (χ4v) is 2.62. The molecule has 0 saturated heterocycles. The molecule has 1 amide bonds. The maximum atomic E-state index is 11.9. The number of amides is 1. The highest BCUT2D eigenvalue weighted by molar-refractivity contribution is 7.89. The van der Waals surface area contributed by atoms with Crippen LogP contribution in [0.3, 0.4) is 0 Å². The molecule has 0 aromatic heterocycles. The van der Waals surface area contributed by atoms with E-state index in [1.54, 1.807) is 18.2 Å². The van der Waals surface area contributed by atoms with Crippen LogP contribution in [0.15, 0.2) is 35.2 Å². The van der Waals surface area contributed by atoms with Gasteiger partial charge >= 0.3 is 0 Å². The van der Waals surface area contributed by atoms with E-state index in [1.807, 2.05) is 0 Å². The van der Waals surface area contributed by atoms with Crippen molar-refractivity contribution in [3.05, 3.63) is 30.3 Å². The van der Waals surface area contributed by atoms with Crippen LogP contribution in [0.5, 0.6) is 0 Å². The Kier molecular flexibility index (Phi) is 7.21. The lowest BCUT2D eigenvalue weighted by atomic mass is 10.3. The molecule has 0 saturated carbocycles. The molecule has 7 heteroatoms. The van der Waals surface area contributed by atoms with Gasteiger partial charge in [-0.05, 0) is 31.5 Å². The van der Waals surface area contributed by atoms with Gasteiger partial charge in [-0.1, -0.05) is 18.2 Å². The van der Waals surface area contributed by atoms with E-state index in [4.69, 9.17) is 5.73 Å². The van der Waals surface area contributed by atoms with Crippen molar-refractivity contribution in [1.29, 1.82) is 0 Å². The largest absolute Gasteiger partial charge is 0.356 e. The van der Waals surface area contributed by atoms with Crippen LogP contribution in [0.2, 0.25) is 0 Å². The van der Waals surface area contributed by atoms with Crippen molar-refractivity contribution in [3.8, 4) is 0 Å². The Balaban J connectivity index is 2.28. The molecule has 1 aromatic carbocycles. The average molecular weight is 299 g/mol. The molecular formula is C13H21N3O3S. The Morgan fingerprint density at radius 1 is 1.10 bits per heavy atom. The highest BCUT2D eigenvalue weighted by Crippen LogP contribution is 2.06. The normalized spacial score (nSPS) is 11.2. The van der Waals surface area contributed by atoms with Crippen molar-refractivity contribution in [2.75, 3.05) is 19.6 Å². The van der Waals surface area contributed by atoms with Crippen molar-refractivity contribution in [3.63, 3.8) is 0 Å². The van der Waals surface area contributed by atoms with Gasteiger partial charge in [-0.15, -0.1) is 0 Å². The van der Waals surface area contributed by atoms with Gasteiger partial charge < -0.3 is 11.1 Å². The number of carbonyl (C=O) groups is 1. The number of benzene rings is 1. The molecule has 6 nitrogen and oxygen atoms in total. The van der Waals surface area contributed by atoms with Crippen molar-refractivity contribution in [2.24, 2.45) is 5.73 Å². The summed E-state index contributed by atoms with van der Waals surface area (Å²) >= 11 is 0. The minimum Gasteiger partial charge on any atom is -0.356 e. The van der Waals surface area contributed by atoms with E-state index in [-0.39, 0.29) is 23.8 Å². The first-order chi connectivity index (χ1) is 9.56. The van der Waals surface area contributed by atoms with Crippen LogP contribution >= 0.6 is 0 Å². The number of hydrogen-bond donors (Lipinski definition) is 3. The standard InChI is InChI=1S/C13H21N3O3S/c14-9-4-5-10-15-13(17)8-11-16-20(18,19)12-6-2-1-3-7-12/h1-3,6-7,16H,4-5,8-11,14H2,(H,15,17). The van der Waals surface area contributed by atoms with E-state index in [9.17, 15) is 13.2 Å². The molecule has 0 heterocycles. The molecular weight excluding hydrogens is 278 g/mol. The lowest BCUT2D eigenvalue weighted by Crippen LogP contribution is -2.31. The number of sulfonamides is 1. The van der Waals surface area contributed by atoms with E-state index < -0.39 is 10.0 Å². The number of nitrogens with one attached hydrogen (secondary N) is 2. The summed E-state index contributed by atoms with van der Waals surface area (Å²) in [4.78, 5) is 11.6. The molecule has 0 aliphatic rings. The number of hydrogen-bond acceptors (Lipinski definition) is 4. The molecule has 112 valence electrons. The third-order valence-electron chi connectivity index (χ3n) is 2.65. The number of nitrogens with two attached hydrogens (primary N) is 1. The third-order valence-corrected chi connectivity index (χ3v) is 4.13. The Morgan fingerprint density at radius 3 is 2.45 bits per heavy atom. The summed E-state index contributed by atoms with van der Waals surface area (Å²) < 4.78 is 26.1. The van der Waals surface area contributed by atoms with Crippen LogP contribution in [-0.2, 0) is 14.8 Å². The molecule has 0 aliphatic heterocycles. The number of carbonyl (C=O) groups excluding carboxylic acids is 1. The maximum absolute atomic E-state index is 11.9. The van der Waals surface area contributed by atoms with Crippen molar-refractivity contribution in [2.45, 2.75) is 24.2 Å². The second-order valence-electron chi connectivity index (χ2n) is 4.31. The van der Waals surface area contributed by atoms with Gasteiger partial charge in [0.25, 0.3) is 0 Å². The summed E-state index contributed by atoms with van der Waals surface area (Å²) in [5, 5.41) is 2.71. The van der Waals surface area contributed by atoms with Gasteiger partial charge in [0.2, 0.25) is 15.9 Å². The first kappa shape index (κ1) is 16.6. The van der Waals surface area contributed by atoms with Crippen molar-refractivity contribution < 1.29 is 13.2 Å². The molecule has 1 aromatic rings. The first-order valence-corrected chi connectivity index (χ1v) is 8.06. The van der Waals surface area contributed by atoms with Gasteiger partial charge in [0.1, 0.15) is 0 Å². The van der Waals surface area contributed by atoms with Crippen molar-refractivity contribution >= 4 is 15.9 Å². The molecule has 0 bridgehead atoms. The van der Waals surface area contributed by atoms with Crippen LogP contribution in [0.25, 0.3) is 0 Å². The van der Waals surface area contributed by atoms with Gasteiger partial charge in [-0.3, -0.25) is 4.79 Å². The highest BCUT2D eigenvalue weighted by atomic mass is 32.2. The molecule has 0 fully saturated rings. The number of rotatable bonds is 9. The summed E-state index contributed by atoms with van der Waals surface area (Å²) in [5.74, 6) is -0.169. The molecule has 0 aliphatic carbocycles. The van der Waals surface area contributed by atoms with E-state index in [0.29, 0.717) is 13.1 Å². The van der Waals surface area contributed by atoms with E-state index in [1.165, 1.54) is 12.1 Å². The molecule has 0 spiro atoms. The Labute approximate surface area is 119 Å². The third kappa shape index (κ3) is 6.14. The maximum Gasteiger partial charge on any atom is 0.240 e. The zero-order valence-corrected chi connectivity index (χ0v) is 12.2. The van der Waals surface area contributed by atoms with Gasteiger partial charge in [0, 0.05) is 19.5 Å². The highest BCUT2D eigenvalue weighted by Gasteiger charge is 2.13. The van der Waals surface area contributed by atoms with Crippen LogP contribution in [-0.4, -0.2) is 34.0 Å². The molecule has 0 atom stereocenters. The SMILES string of the molecule is NCCCCNC(=O)CCNS(=O)(=O)c1ccccc1. The van der Waals surface area contributed by atoms with Crippen LogP contribution in [0, 0.1) is 0 Å². The molecule has 20 heavy (non-hydrogen) atoms. The lowest BCUT2D eigenvalue weighted by Gasteiger charge is -2.07. The van der Waals surface area contributed by atoms with Gasteiger partial charge in [-0.25, -0.2) is 13.1 Å². The first-order valence-electron chi connectivity index (χ1n) is 6.58. The topological polar surface area (TPSA) is 101 Å². The summed E-state index contributed by atoms with van der Waals surface area (Å²) in [5.41, 5.74) is 5.34. The van der Waals surface area contributed by atoms with E-state index >= 15 is 0 Å². The van der Waals surface area contributed by atoms with Gasteiger partial charge in [0.05, 0.1) is 4.90 Å². The van der Waals surface area contributed by atoms with E-state index in [0.717, 1.165) is 12.8 Å². The monoisotopic (exact) mass is 299 g/mol. The quantitative estimate of drug-likeness (QED) is 0.567. The van der Waals surface area contributed by atoms with Crippen LogP contribution in [0.4, 0.5) is 0 Å². The molecule has 0 unspecified atom stereocenters. The minimum atomic E-state index is -3.53. The Hall–Kier alpha value is -1.44. The van der Waals surface area contributed by atoms with Crippen molar-refractivity contribution in [1.82, 2.24) is 10.0 Å². The Morgan fingerprint density at radius 2 is 1.80 bits per heavy atom. The Bertz CT molecular complexity index is 503. The lowest BCUT2D eigenvalue weighted by molar-refractivity contribution is -0.120. The molecule has 0 radical (unpaired) electrons. The number of unbranched alkanes of at least 4 members (excludes halogenated alkanes) is 1. The molecule has 4 N–H and O–H groups in total. The van der Waals surface area contributed by atoms with E-state index in [2.05, 4.69) is 10.0 Å². The second kappa shape index (κ2) is 8.68. The summed E-state index contributed by atoms with van der Waals surface area (Å²) in [7, 11) is -3.53. The van der Waals surface area contributed by atoms with Crippen LogP contribution in [0.1, 0.15) is 19.3 Å². The smallest absolute Gasteiger partial charge is 0.240 e. The predicted molar refractivity (Wildman–Crippen MR) is 77.5 cm³/mol. The fraction of sp³-hybridized carbons (Fsp3) is 0.462. The minimum absolute atomic E-state index is 0.0833. The zero-order chi connectivity index (χ0) is 14.8. The summed E-state index contributed by atoms with van der Waals surface area (Å²) in [6.45, 7) is 1.26. The summed E-state index contributed by atoms with van der Waals surface area (Å²) in [6, 6.07) is 8.07. The predicted octanol–water partition coefficient (Wildman–Crippen LogP) is 0.210. The van der Waals surface area contributed by atoms with Gasteiger partial charge in [-0.2, -0.15) is 0 Å². The average Bonchev–Trinajstić information content (AvgIpc) is 2.44. The fourth-order valence-electron chi connectivity index (χ4n) is 1.57. The zero-order valence-electron chi connectivity index (χ0n) is 11.3. The van der Waals surface area contributed by atoms with Crippen LogP contribution < -0.4 is 15.8 Å². The second-order valence-corrected chi connectivity index (χ2v) is 6.07. The summed E-state index contributed by atoms with van der Waals surface area (Å²) in [6.07, 6.45) is 1.81. The molecule has 1 rings (SSSR count). The van der Waals surface area contributed by atoms with Gasteiger partial charge in [0.15, 0.2) is 0 Å².